The minimum Gasteiger partial charge on any atom is -0.294 e. The molecule has 0 bridgehead atoms. The van der Waals surface area contributed by atoms with Crippen LogP contribution in [0.15, 0.2) is 44.8 Å². The summed E-state index contributed by atoms with van der Waals surface area (Å²) in [6, 6.07) is 8.40. The van der Waals surface area contributed by atoms with Crippen molar-refractivity contribution >= 4 is 28.9 Å². The lowest BCUT2D eigenvalue weighted by Crippen LogP contribution is -1.97. The Morgan fingerprint density at radius 2 is 2.12 bits per heavy atom. The zero-order valence-electron chi connectivity index (χ0n) is 8.57. The van der Waals surface area contributed by atoms with E-state index in [1.165, 1.54) is 36.1 Å². The van der Waals surface area contributed by atoms with Crippen molar-refractivity contribution in [3.05, 3.63) is 47.1 Å². The Morgan fingerprint density at radius 3 is 2.75 bits per heavy atom. The summed E-state index contributed by atoms with van der Waals surface area (Å²) in [7, 11) is 0. The summed E-state index contributed by atoms with van der Waals surface area (Å²) in [5, 5.41) is 1.93. The molecule has 16 heavy (non-hydrogen) atoms. The molecule has 82 valence electrons. The lowest BCUT2D eigenvalue weighted by molar-refractivity contribution is 0.101. The van der Waals surface area contributed by atoms with Crippen LogP contribution in [0.5, 0.6) is 0 Å². The van der Waals surface area contributed by atoms with Crippen LogP contribution < -0.4 is 0 Å². The number of thiophene rings is 1. The van der Waals surface area contributed by atoms with Gasteiger partial charge in [0.15, 0.2) is 5.78 Å². The summed E-state index contributed by atoms with van der Waals surface area (Å²) >= 11 is 2.83. The average Bonchev–Trinajstić information content (AvgIpc) is 2.73. The predicted octanol–water partition coefficient (Wildman–Crippen LogP) is 4.24. The Bertz CT molecular complexity index is 506. The lowest BCUT2D eigenvalue weighted by atomic mass is 10.1. The average molecular weight is 252 g/mol. The van der Waals surface area contributed by atoms with E-state index in [2.05, 4.69) is 0 Å². The van der Waals surface area contributed by atoms with E-state index in [1.54, 1.807) is 12.1 Å². The van der Waals surface area contributed by atoms with E-state index in [9.17, 15) is 9.18 Å². The van der Waals surface area contributed by atoms with Gasteiger partial charge >= 0.3 is 0 Å². The first-order chi connectivity index (χ1) is 7.68. The van der Waals surface area contributed by atoms with E-state index in [-0.39, 0.29) is 11.6 Å². The van der Waals surface area contributed by atoms with Gasteiger partial charge in [0.25, 0.3) is 0 Å². The summed E-state index contributed by atoms with van der Waals surface area (Å²) in [5.74, 6) is -0.454. The molecule has 0 aliphatic rings. The van der Waals surface area contributed by atoms with Gasteiger partial charge < -0.3 is 0 Å². The van der Waals surface area contributed by atoms with Crippen LogP contribution in [0.25, 0.3) is 0 Å². The second-order valence-corrected chi connectivity index (χ2v) is 5.47. The van der Waals surface area contributed by atoms with E-state index in [4.69, 9.17) is 0 Å². The molecule has 0 aliphatic carbocycles. The molecule has 4 heteroatoms. The predicted molar refractivity (Wildman–Crippen MR) is 64.8 cm³/mol. The van der Waals surface area contributed by atoms with Gasteiger partial charge in [0.05, 0.1) is 9.10 Å². The first-order valence-corrected chi connectivity index (χ1v) is 6.39. The summed E-state index contributed by atoms with van der Waals surface area (Å²) in [6.45, 7) is 1.45. The molecule has 1 aromatic heterocycles. The fourth-order valence-corrected chi connectivity index (χ4v) is 3.20. The highest BCUT2D eigenvalue weighted by Crippen LogP contribution is 2.35. The van der Waals surface area contributed by atoms with Crippen molar-refractivity contribution in [2.45, 2.75) is 16.0 Å². The van der Waals surface area contributed by atoms with Gasteiger partial charge in [-0.2, -0.15) is 0 Å². The molecule has 0 aliphatic heterocycles. The zero-order valence-corrected chi connectivity index (χ0v) is 10.2. The highest BCUT2D eigenvalue weighted by Gasteiger charge is 2.13. The molecule has 2 aromatic rings. The summed E-state index contributed by atoms with van der Waals surface area (Å²) in [6.07, 6.45) is 0. The minimum absolute atomic E-state index is 0.112. The number of ketones is 1. The minimum atomic E-state index is -0.342. The number of Topliss-reactive ketones (excluding diaryl/α,β-unsaturated/α-hetero) is 1. The van der Waals surface area contributed by atoms with E-state index in [1.807, 2.05) is 17.5 Å². The molecule has 0 unspecified atom stereocenters. The number of halogens is 1. The number of carbonyl (C=O) groups excluding carboxylic acids is 1. The van der Waals surface area contributed by atoms with Crippen molar-refractivity contribution in [2.75, 3.05) is 0 Å². The standard InChI is InChI=1S/C12H9FOS2/c1-8(14)9-4-2-5-10(13)12(9)16-11-6-3-7-15-11/h2-7H,1H3. The van der Waals surface area contributed by atoms with Gasteiger partial charge in [0, 0.05) is 5.56 Å². The van der Waals surface area contributed by atoms with Crippen molar-refractivity contribution < 1.29 is 9.18 Å². The number of hydrogen-bond acceptors (Lipinski definition) is 3. The highest BCUT2D eigenvalue weighted by atomic mass is 32.2. The van der Waals surface area contributed by atoms with Gasteiger partial charge in [-0.25, -0.2) is 4.39 Å². The molecule has 0 saturated heterocycles. The van der Waals surface area contributed by atoms with Crippen LogP contribution in [0.1, 0.15) is 17.3 Å². The molecule has 0 atom stereocenters. The fraction of sp³-hybridized carbons (Fsp3) is 0.0833. The normalized spacial score (nSPS) is 10.4. The van der Waals surface area contributed by atoms with Crippen molar-refractivity contribution in [3.8, 4) is 0 Å². The molecule has 1 nitrogen and oxygen atoms in total. The highest BCUT2D eigenvalue weighted by molar-refractivity contribution is 8.01. The zero-order chi connectivity index (χ0) is 11.5. The molecule has 0 spiro atoms. The molecule has 1 heterocycles. The van der Waals surface area contributed by atoms with Crippen molar-refractivity contribution in [2.24, 2.45) is 0 Å². The molecule has 0 N–H and O–H groups in total. The van der Waals surface area contributed by atoms with Gasteiger partial charge in [-0.15, -0.1) is 11.3 Å². The van der Waals surface area contributed by atoms with Crippen molar-refractivity contribution in [1.29, 1.82) is 0 Å². The maximum atomic E-state index is 13.6. The number of benzene rings is 1. The monoisotopic (exact) mass is 252 g/mol. The van der Waals surface area contributed by atoms with Crippen LogP contribution >= 0.6 is 23.1 Å². The molecule has 0 amide bonds. The first-order valence-electron chi connectivity index (χ1n) is 4.69. The van der Waals surface area contributed by atoms with Crippen LogP contribution in [0, 0.1) is 5.82 Å². The van der Waals surface area contributed by atoms with E-state index in [0.29, 0.717) is 10.5 Å². The maximum absolute atomic E-state index is 13.6. The Balaban J connectivity index is 2.42. The Labute approximate surface area is 101 Å². The molecule has 1 aromatic carbocycles. The SMILES string of the molecule is CC(=O)c1cccc(F)c1Sc1cccs1. The van der Waals surface area contributed by atoms with E-state index < -0.39 is 0 Å². The van der Waals surface area contributed by atoms with Gasteiger partial charge in [-0.1, -0.05) is 30.0 Å². The Morgan fingerprint density at radius 1 is 1.31 bits per heavy atom. The third-order valence-corrected chi connectivity index (χ3v) is 4.20. The van der Waals surface area contributed by atoms with Crippen LogP contribution in [-0.2, 0) is 0 Å². The molecule has 2 rings (SSSR count). The van der Waals surface area contributed by atoms with Crippen molar-refractivity contribution in [3.63, 3.8) is 0 Å². The smallest absolute Gasteiger partial charge is 0.161 e. The molecular weight excluding hydrogens is 243 g/mol. The van der Waals surface area contributed by atoms with E-state index in [0.717, 1.165) is 4.21 Å². The van der Waals surface area contributed by atoms with Crippen LogP contribution in [0.4, 0.5) is 4.39 Å². The Hall–Kier alpha value is -1.13. The van der Waals surface area contributed by atoms with E-state index >= 15 is 0 Å². The lowest BCUT2D eigenvalue weighted by Gasteiger charge is -2.05. The maximum Gasteiger partial charge on any atom is 0.161 e. The number of rotatable bonds is 3. The van der Waals surface area contributed by atoms with Crippen LogP contribution in [0.2, 0.25) is 0 Å². The van der Waals surface area contributed by atoms with Gasteiger partial charge in [-0.3, -0.25) is 4.79 Å². The van der Waals surface area contributed by atoms with Gasteiger partial charge in [-0.05, 0) is 24.4 Å². The number of hydrogen-bond donors (Lipinski definition) is 0. The second kappa shape index (κ2) is 4.80. The van der Waals surface area contributed by atoms with Crippen LogP contribution in [-0.4, -0.2) is 5.78 Å². The van der Waals surface area contributed by atoms with Gasteiger partial charge in [0.1, 0.15) is 5.82 Å². The second-order valence-electron chi connectivity index (χ2n) is 3.21. The number of carbonyl (C=O) groups is 1. The molecule has 0 radical (unpaired) electrons. The third-order valence-electron chi connectivity index (χ3n) is 2.04. The largest absolute Gasteiger partial charge is 0.294 e. The van der Waals surface area contributed by atoms with Gasteiger partial charge in [0.2, 0.25) is 0 Å². The first kappa shape index (κ1) is 11.4. The van der Waals surface area contributed by atoms with Crippen LogP contribution in [0.3, 0.4) is 0 Å². The molecule has 0 fully saturated rings. The van der Waals surface area contributed by atoms with Crippen molar-refractivity contribution in [1.82, 2.24) is 0 Å². The summed E-state index contributed by atoms with van der Waals surface area (Å²) in [5.41, 5.74) is 0.443. The molecule has 0 saturated carbocycles. The molecular formula is C12H9FOS2. The Kier molecular flexibility index (Phi) is 3.41. The fourth-order valence-electron chi connectivity index (χ4n) is 1.31. The summed E-state index contributed by atoms with van der Waals surface area (Å²) in [4.78, 5) is 11.8. The third kappa shape index (κ3) is 2.33. The summed E-state index contributed by atoms with van der Waals surface area (Å²) < 4.78 is 14.6. The topological polar surface area (TPSA) is 17.1 Å². The quantitative estimate of drug-likeness (QED) is 0.760.